The van der Waals surface area contributed by atoms with Gasteiger partial charge in [-0.2, -0.15) is 0 Å². The quantitative estimate of drug-likeness (QED) is 0.457. The Morgan fingerprint density at radius 3 is 2.60 bits per heavy atom. The van der Waals surface area contributed by atoms with Gasteiger partial charge in [0.25, 0.3) is 5.69 Å². The molecule has 108 valence electrons. The lowest BCUT2D eigenvalue weighted by molar-refractivity contribution is -0.385. The number of carboxylic acid groups (broad SMARTS) is 1. The van der Waals surface area contributed by atoms with E-state index in [1.807, 2.05) is 5.32 Å². The van der Waals surface area contributed by atoms with Crippen molar-refractivity contribution in [2.24, 2.45) is 0 Å². The van der Waals surface area contributed by atoms with E-state index < -0.39 is 29.6 Å². The lowest BCUT2D eigenvalue weighted by atomic mass is 10.2. The number of aryl methyl sites for hydroxylation is 1. The van der Waals surface area contributed by atoms with Crippen LogP contribution in [0.3, 0.4) is 0 Å². The molecule has 1 rings (SSSR count). The molecule has 0 spiro atoms. The van der Waals surface area contributed by atoms with Crippen LogP contribution in [0.15, 0.2) is 18.2 Å². The smallest absolute Gasteiger partial charge is 0.328 e. The number of rotatable bonds is 5. The topological polar surface area (TPSA) is 142 Å². The minimum absolute atomic E-state index is 0.141. The second kappa shape index (κ2) is 6.48. The Balaban J connectivity index is 2.78. The minimum atomic E-state index is -1.45. The molecule has 0 bridgehead atoms. The molecular weight excluding hydrogens is 270 g/mol. The number of carbonyl (C=O) groups is 2. The summed E-state index contributed by atoms with van der Waals surface area (Å²) in [5, 5.41) is 32.4. The molecule has 9 nitrogen and oxygen atoms in total. The molecule has 2 amide bonds. The standard InChI is InChI=1S/C11H13N3O6/c1-6-2-3-7(4-9(6)14(19)20)12-11(18)13-8(5-15)10(16)17/h2-4,8,15H,5H2,1H3,(H,16,17)(H2,12,13,18)/t8-/m0/s1. The van der Waals surface area contributed by atoms with Crippen LogP contribution in [-0.4, -0.2) is 39.8 Å². The Kier molecular flexibility index (Phi) is 4.98. The van der Waals surface area contributed by atoms with Gasteiger partial charge in [-0.05, 0) is 13.0 Å². The SMILES string of the molecule is Cc1ccc(NC(=O)N[C@@H](CO)C(=O)O)cc1[N+](=O)[O-]. The third-order valence-corrected chi connectivity index (χ3v) is 2.45. The van der Waals surface area contributed by atoms with Crippen LogP contribution in [0.4, 0.5) is 16.2 Å². The Bertz CT molecular complexity index is 545. The van der Waals surface area contributed by atoms with Gasteiger partial charge in [-0.1, -0.05) is 6.07 Å². The second-order valence-electron chi connectivity index (χ2n) is 3.93. The van der Waals surface area contributed by atoms with Crippen molar-refractivity contribution in [1.29, 1.82) is 0 Å². The highest BCUT2D eigenvalue weighted by Crippen LogP contribution is 2.22. The van der Waals surface area contributed by atoms with Gasteiger partial charge in [0, 0.05) is 17.3 Å². The highest BCUT2D eigenvalue weighted by molar-refractivity contribution is 5.92. The number of amides is 2. The van der Waals surface area contributed by atoms with E-state index in [2.05, 4.69) is 5.32 Å². The van der Waals surface area contributed by atoms with Crippen LogP contribution in [0.25, 0.3) is 0 Å². The number of anilines is 1. The number of nitro benzene ring substituents is 1. The summed E-state index contributed by atoms with van der Waals surface area (Å²) in [6.07, 6.45) is 0. The maximum atomic E-state index is 11.5. The van der Waals surface area contributed by atoms with Crippen molar-refractivity contribution >= 4 is 23.4 Å². The van der Waals surface area contributed by atoms with Crippen molar-refractivity contribution in [2.75, 3.05) is 11.9 Å². The van der Waals surface area contributed by atoms with Crippen molar-refractivity contribution in [1.82, 2.24) is 5.32 Å². The highest BCUT2D eigenvalue weighted by atomic mass is 16.6. The maximum absolute atomic E-state index is 11.5. The summed E-state index contributed by atoms with van der Waals surface area (Å²) >= 11 is 0. The lowest BCUT2D eigenvalue weighted by Gasteiger charge is -2.12. The molecule has 0 saturated carbocycles. The molecule has 0 saturated heterocycles. The van der Waals surface area contributed by atoms with Crippen LogP contribution < -0.4 is 10.6 Å². The van der Waals surface area contributed by atoms with E-state index in [9.17, 15) is 19.7 Å². The van der Waals surface area contributed by atoms with Crippen molar-refractivity contribution in [3.8, 4) is 0 Å². The van der Waals surface area contributed by atoms with Crippen LogP contribution in [0, 0.1) is 17.0 Å². The molecule has 0 fully saturated rings. The second-order valence-corrected chi connectivity index (χ2v) is 3.93. The number of aliphatic carboxylic acids is 1. The van der Waals surface area contributed by atoms with Crippen LogP contribution in [0.1, 0.15) is 5.56 Å². The number of carbonyl (C=O) groups excluding carboxylic acids is 1. The first-order chi connectivity index (χ1) is 9.35. The normalized spacial score (nSPS) is 11.5. The van der Waals surface area contributed by atoms with E-state index >= 15 is 0 Å². The maximum Gasteiger partial charge on any atom is 0.328 e. The fourth-order valence-electron chi connectivity index (χ4n) is 1.39. The van der Waals surface area contributed by atoms with Crippen molar-refractivity contribution in [2.45, 2.75) is 13.0 Å². The van der Waals surface area contributed by atoms with Gasteiger partial charge in [0.1, 0.15) is 0 Å². The summed E-state index contributed by atoms with van der Waals surface area (Å²) in [6.45, 7) is 0.783. The molecule has 9 heteroatoms. The largest absolute Gasteiger partial charge is 0.480 e. The third-order valence-electron chi connectivity index (χ3n) is 2.45. The van der Waals surface area contributed by atoms with Crippen LogP contribution in [-0.2, 0) is 4.79 Å². The zero-order chi connectivity index (χ0) is 15.3. The molecule has 1 atom stereocenters. The summed E-state index contributed by atoms with van der Waals surface area (Å²) in [5.41, 5.74) is 0.404. The van der Waals surface area contributed by atoms with Crippen molar-refractivity contribution in [3.05, 3.63) is 33.9 Å². The zero-order valence-electron chi connectivity index (χ0n) is 10.5. The molecule has 0 heterocycles. The number of carboxylic acids is 1. The molecule has 0 aliphatic carbocycles. The number of aliphatic hydroxyl groups excluding tert-OH is 1. The first-order valence-corrected chi connectivity index (χ1v) is 5.51. The minimum Gasteiger partial charge on any atom is -0.480 e. The Morgan fingerprint density at radius 1 is 1.45 bits per heavy atom. The number of aliphatic hydroxyl groups is 1. The van der Waals surface area contributed by atoms with E-state index in [1.165, 1.54) is 12.1 Å². The van der Waals surface area contributed by atoms with Gasteiger partial charge < -0.3 is 20.8 Å². The number of hydrogen-bond acceptors (Lipinski definition) is 5. The van der Waals surface area contributed by atoms with Gasteiger partial charge in [-0.15, -0.1) is 0 Å². The molecule has 1 aromatic rings. The number of hydrogen-bond donors (Lipinski definition) is 4. The molecule has 1 aromatic carbocycles. The number of nitrogens with zero attached hydrogens (tertiary/aromatic N) is 1. The first kappa shape index (κ1) is 15.4. The molecule has 0 radical (unpaired) electrons. The number of benzene rings is 1. The zero-order valence-corrected chi connectivity index (χ0v) is 10.5. The fraction of sp³-hybridized carbons (Fsp3) is 0.273. The first-order valence-electron chi connectivity index (χ1n) is 5.51. The fourth-order valence-corrected chi connectivity index (χ4v) is 1.39. The van der Waals surface area contributed by atoms with Crippen LogP contribution >= 0.6 is 0 Å². The van der Waals surface area contributed by atoms with Crippen molar-refractivity contribution in [3.63, 3.8) is 0 Å². The van der Waals surface area contributed by atoms with Gasteiger partial charge in [-0.25, -0.2) is 9.59 Å². The predicted octanol–water partition coefficient (Wildman–Crippen LogP) is 0.470. The van der Waals surface area contributed by atoms with Crippen LogP contribution in [0.2, 0.25) is 0 Å². The van der Waals surface area contributed by atoms with Crippen molar-refractivity contribution < 1.29 is 24.7 Å². The molecular formula is C11H13N3O6. The highest BCUT2D eigenvalue weighted by Gasteiger charge is 2.19. The number of urea groups is 1. The van der Waals surface area contributed by atoms with Gasteiger partial charge in [0.2, 0.25) is 0 Å². The average molecular weight is 283 g/mol. The van der Waals surface area contributed by atoms with Crippen LogP contribution in [0.5, 0.6) is 0 Å². The molecule has 20 heavy (non-hydrogen) atoms. The van der Waals surface area contributed by atoms with E-state index in [-0.39, 0.29) is 11.4 Å². The Labute approximate surface area is 113 Å². The van der Waals surface area contributed by atoms with Gasteiger partial charge in [-0.3, -0.25) is 10.1 Å². The summed E-state index contributed by atoms with van der Waals surface area (Å²) in [4.78, 5) is 32.2. The molecule has 0 aromatic heterocycles. The number of nitro groups is 1. The average Bonchev–Trinajstić information content (AvgIpc) is 2.37. The van der Waals surface area contributed by atoms with Gasteiger partial charge >= 0.3 is 12.0 Å². The molecule has 0 unspecified atom stereocenters. The summed E-state index contributed by atoms with van der Waals surface area (Å²) in [6, 6.07) is 1.72. The van der Waals surface area contributed by atoms with E-state index in [1.54, 1.807) is 6.92 Å². The van der Waals surface area contributed by atoms with E-state index in [0.717, 1.165) is 6.07 Å². The Hall–Kier alpha value is -2.68. The van der Waals surface area contributed by atoms with Gasteiger partial charge in [0.05, 0.1) is 11.5 Å². The molecule has 4 N–H and O–H groups in total. The third kappa shape index (κ3) is 3.92. The summed E-state index contributed by atoms with van der Waals surface area (Å²) < 4.78 is 0. The molecule has 0 aliphatic rings. The monoisotopic (exact) mass is 283 g/mol. The molecule has 0 aliphatic heterocycles. The summed E-state index contributed by atoms with van der Waals surface area (Å²) in [5.74, 6) is -1.39. The lowest BCUT2D eigenvalue weighted by Crippen LogP contribution is -2.45. The van der Waals surface area contributed by atoms with E-state index in [4.69, 9.17) is 10.2 Å². The number of nitrogens with one attached hydrogen (secondary N) is 2. The summed E-state index contributed by atoms with van der Waals surface area (Å²) in [7, 11) is 0. The van der Waals surface area contributed by atoms with Gasteiger partial charge in [0.15, 0.2) is 6.04 Å². The Morgan fingerprint density at radius 2 is 2.10 bits per heavy atom. The predicted molar refractivity (Wildman–Crippen MR) is 68.5 cm³/mol. The van der Waals surface area contributed by atoms with E-state index in [0.29, 0.717) is 5.56 Å².